The second-order valence-electron chi connectivity index (χ2n) is 4.14. The van der Waals surface area contributed by atoms with Gasteiger partial charge in [-0.1, -0.05) is 6.07 Å². The van der Waals surface area contributed by atoms with Gasteiger partial charge in [0.25, 0.3) is 0 Å². The number of hydrogen-bond acceptors (Lipinski definition) is 3. The fourth-order valence-electron chi connectivity index (χ4n) is 2.17. The molecule has 5 nitrogen and oxygen atoms in total. The molecule has 1 N–H and O–H groups in total. The average Bonchev–Trinajstić information content (AvgIpc) is 2.82. The van der Waals surface area contributed by atoms with Crippen molar-refractivity contribution >= 4 is 12.4 Å². The van der Waals surface area contributed by atoms with Gasteiger partial charge >= 0.3 is 5.97 Å². The Labute approximate surface area is 105 Å². The van der Waals surface area contributed by atoms with Crippen LogP contribution in [0.5, 0.6) is 5.75 Å². The number of carbonyl (C=O) groups is 2. The Kier molecular flexibility index (Phi) is 3.50. The minimum atomic E-state index is -1.03. The van der Waals surface area contributed by atoms with Crippen LogP contribution in [-0.2, 0) is 16.0 Å². The molecule has 0 fully saturated rings. The molecule has 1 amide bonds. The van der Waals surface area contributed by atoms with E-state index < -0.39 is 12.0 Å². The van der Waals surface area contributed by atoms with Gasteiger partial charge in [-0.05, 0) is 30.2 Å². The Balaban J connectivity index is 2.36. The number of ether oxygens (including phenoxy) is 1. The third-order valence-corrected chi connectivity index (χ3v) is 3.10. The summed E-state index contributed by atoms with van der Waals surface area (Å²) < 4.78 is 5.38. The van der Waals surface area contributed by atoms with E-state index in [1.165, 1.54) is 4.90 Å². The summed E-state index contributed by atoms with van der Waals surface area (Å²) in [6.07, 6.45) is 1.35. The number of fused-ring (bicyclic) bond motifs is 1. The van der Waals surface area contributed by atoms with Crippen LogP contribution in [0.2, 0.25) is 0 Å². The molecule has 0 aromatic heterocycles. The highest BCUT2D eigenvalue weighted by Crippen LogP contribution is 2.30. The fraction of sp³-hybridized carbons (Fsp3) is 0.385. The average molecular weight is 249 g/mol. The van der Waals surface area contributed by atoms with E-state index in [1.807, 2.05) is 6.07 Å². The predicted octanol–water partition coefficient (Wildman–Crippen LogP) is 1.23. The van der Waals surface area contributed by atoms with Crippen molar-refractivity contribution < 1.29 is 19.4 Å². The summed E-state index contributed by atoms with van der Waals surface area (Å²) in [4.78, 5) is 23.5. The van der Waals surface area contributed by atoms with Crippen LogP contribution in [0.4, 0.5) is 0 Å². The molecule has 1 unspecified atom stereocenters. The summed E-state index contributed by atoms with van der Waals surface area (Å²) in [5, 5.41) is 9.28. The minimum absolute atomic E-state index is 0.355. The SMILES string of the molecule is CCN(C=O)C(C(=O)O)c1ccc2c(c1)CCO2. The third-order valence-electron chi connectivity index (χ3n) is 3.10. The molecule has 0 saturated heterocycles. The number of aliphatic carboxylic acids is 1. The number of rotatable bonds is 5. The molecule has 0 radical (unpaired) electrons. The van der Waals surface area contributed by atoms with Crippen LogP contribution < -0.4 is 4.74 Å². The first-order valence-corrected chi connectivity index (χ1v) is 5.86. The maximum atomic E-state index is 11.3. The van der Waals surface area contributed by atoms with Crippen molar-refractivity contribution in [1.29, 1.82) is 0 Å². The van der Waals surface area contributed by atoms with Gasteiger partial charge in [0.15, 0.2) is 6.04 Å². The molecule has 1 aliphatic heterocycles. The van der Waals surface area contributed by atoms with Gasteiger partial charge in [-0.2, -0.15) is 0 Å². The molecule has 1 aromatic rings. The van der Waals surface area contributed by atoms with Crippen molar-refractivity contribution in [2.24, 2.45) is 0 Å². The van der Waals surface area contributed by atoms with Crippen LogP contribution in [0, 0.1) is 0 Å². The number of likely N-dealkylation sites (N-methyl/N-ethyl adjacent to an activating group) is 1. The van der Waals surface area contributed by atoms with Crippen molar-refractivity contribution in [3.05, 3.63) is 29.3 Å². The highest BCUT2D eigenvalue weighted by molar-refractivity contribution is 5.78. The zero-order valence-corrected chi connectivity index (χ0v) is 10.1. The molecular weight excluding hydrogens is 234 g/mol. The van der Waals surface area contributed by atoms with Crippen molar-refractivity contribution in [3.8, 4) is 5.75 Å². The van der Waals surface area contributed by atoms with Gasteiger partial charge < -0.3 is 14.7 Å². The lowest BCUT2D eigenvalue weighted by atomic mass is 10.0. The molecular formula is C13H15NO4. The van der Waals surface area contributed by atoms with Gasteiger partial charge in [0.05, 0.1) is 6.61 Å². The van der Waals surface area contributed by atoms with E-state index in [9.17, 15) is 14.7 Å². The summed E-state index contributed by atoms with van der Waals surface area (Å²) in [6.45, 7) is 2.73. The van der Waals surface area contributed by atoms with Crippen molar-refractivity contribution in [3.63, 3.8) is 0 Å². The third kappa shape index (κ3) is 2.16. The number of benzene rings is 1. The van der Waals surface area contributed by atoms with Gasteiger partial charge in [0.2, 0.25) is 6.41 Å². The summed E-state index contributed by atoms with van der Waals surface area (Å²) >= 11 is 0. The number of carbonyl (C=O) groups excluding carboxylic acids is 1. The maximum Gasteiger partial charge on any atom is 0.331 e. The first-order chi connectivity index (χ1) is 8.67. The lowest BCUT2D eigenvalue weighted by Crippen LogP contribution is -2.32. The van der Waals surface area contributed by atoms with Gasteiger partial charge in [0, 0.05) is 13.0 Å². The summed E-state index contributed by atoms with van der Waals surface area (Å²) in [5.74, 6) is -0.222. The Morgan fingerprint density at radius 1 is 1.61 bits per heavy atom. The normalized spacial score (nSPS) is 14.5. The van der Waals surface area contributed by atoms with Crippen LogP contribution in [0.3, 0.4) is 0 Å². The number of nitrogens with zero attached hydrogens (tertiary/aromatic N) is 1. The number of carboxylic acids is 1. The van der Waals surface area contributed by atoms with Crippen LogP contribution >= 0.6 is 0 Å². The number of amides is 1. The Hall–Kier alpha value is -2.04. The molecule has 18 heavy (non-hydrogen) atoms. The maximum absolute atomic E-state index is 11.3. The van der Waals surface area contributed by atoms with Crippen LogP contribution in [0.15, 0.2) is 18.2 Å². The smallest absolute Gasteiger partial charge is 0.331 e. The standard InChI is InChI=1S/C13H15NO4/c1-2-14(8-15)12(13(16)17)10-3-4-11-9(7-10)5-6-18-11/h3-4,7-8,12H,2,5-6H2,1H3,(H,16,17). The Morgan fingerprint density at radius 2 is 2.39 bits per heavy atom. The van der Waals surface area contributed by atoms with E-state index in [0.29, 0.717) is 25.1 Å². The lowest BCUT2D eigenvalue weighted by Gasteiger charge is -2.24. The zero-order valence-electron chi connectivity index (χ0n) is 10.1. The first kappa shape index (κ1) is 12.4. The molecule has 0 spiro atoms. The van der Waals surface area contributed by atoms with Gasteiger partial charge in [-0.3, -0.25) is 4.79 Å². The van der Waals surface area contributed by atoms with Crippen LogP contribution in [0.1, 0.15) is 24.1 Å². The van der Waals surface area contributed by atoms with E-state index in [4.69, 9.17) is 4.74 Å². The van der Waals surface area contributed by atoms with Crippen molar-refractivity contribution in [2.75, 3.05) is 13.2 Å². The molecule has 0 bridgehead atoms. The van der Waals surface area contributed by atoms with E-state index >= 15 is 0 Å². The first-order valence-electron chi connectivity index (χ1n) is 5.86. The topological polar surface area (TPSA) is 66.8 Å². The highest BCUT2D eigenvalue weighted by Gasteiger charge is 2.26. The minimum Gasteiger partial charge on any atom is -0.493 e. The fourth-order valence-corrected chi connectivity index (χ4v) is 2.17. The molecule has 96 valence electrons. The van der Waals surface area contributed by atoms with Crippen molar-refractivity contribution in [1.82, 2.24) is 4.90 Å². The molecule has 1 atom stereocenters. The Bertz CT molecular complexity index is 472. The van der Waals surface area contributed by atoms with E-state index in [-0.39, 0.29) is 0 Å². The Morgan fingerprint density at radius 3 is 3.00 bits per heavy atom. The second-order valence-corrected chi connectivity index (χ2v) is 4.14. The lowest BCUT2D eigenvalue weighted by molar-refractivity contribution is -0.146. The summed E-state index contributed by atoms with van der Waals surface area (Å²) in [5.41, 5.74) is 1.61. The zero-order chi connectivity index (χ0) is 13.1. The van der Waals surface area contributed by atoms with Crippen LogP contribution in [-0.4, -0.2) is 35.5 Å². The van der Waals surface area contributed by atoms with E-state index in [0.717, 1.165) is 17.7 Å². The largest absolute Gasteiger partial charge is 0.493 e. The molecule has 1 heterocycles. The van der Waals surface area contributed by atoms with Crippen LogP contribution in [0.25, 0.3) is 0 Å². The molecule has 1 aromatic carbocycles. The number of hydrogen-bond donors (Lipinski definition) is 1. The second kappa shape index (κ2) is 5.08. The summed E-state index contributed by atoms with van der Waals surface area (Å²) in [7, 11) is 0. The van der Waals surface area contributed by atoms with E-state index in [2.05, 4.69) is 0 Å². The molecule has 0 aliphatic carbocycles. The highest BCUT2D eigenvalue weighted by atomic mass is 16.5. The molecule has 2 rings (SSSR count). The monoisotopic (exact) mass is 249 g/mol. The summed E-state index contributed by atoms with van der Waals surface area (Å²) in [6, 6.07) is 4.35. The number of carboxylic acid groups (broad SMARTS) is 1. The van der Waals surface area contributed by atoms with Gasteiger partial charge in [-0.25, -0.2) is 4.79 Å². The molecule has 1 aliphatic rings. The predicted molar refractivity (Wildman–Crippen MR) is 64.5 cm³/mol. The quantitative estimate of drug-likeness (QED) is 0.797. The van der Waals surface area contributed by atoms with Gasteiger partial charge in [-0.15, -0.1) is 0 Å². The molecule has 0 saturated carbocycles. The van der Waals surface area contributed by atoms with Gasteiger partial charge in [0.1, 0.15) is 5.75 Å². The van der Waals surface area contributed by atoms with Crippen molar-refractivity contribution in [2.45, 2.75) is 19.4 Å². The van der Waals surface area contributed by atoms with E-state index in [1.54, 1.807) is 19.1 Å². The molecule has 5 heteroatoms.